The van der Waals surface area contributed by atoms with Crippen LogP contribution in [0.1, 0.15) is 10.4 Å². The lowest BCUT2D eigenvalue weighted by atomic mass is 10.1. The highest BCUT2D eigenvalue weighted by atomic mass is 16.5. The van der Waals surface area contributed by atoms with Gasteiger partial charge in [-0.25, -0.2) is 9.97 Å². The Balaban J connectivity index is 1.85. The summed E-state index contributed by atoms with van der Waals surface area (Å²) in [6.45, 7) is 0. The molecule has 0 aliphatic rings. The second kappa shape index (κ2) is 6.78. The van der Waals surface area contributed by atoms with E-state index < -0.39 is 5.91 Å². The van der Waals surface area contributed by atoms with E-state index in [1.54, 1.807) is 31.5 Å². The van der Waals surface area contributed by atoms with Gasteiger partial charge in [-0.1, -0.05) is 6.07 Å². The SMILES string of the molecule is COc1ccc(-c2ccnc(Nc3cccc(C(N)=O)c3)n2)cc1. The van der Waals surface area contributed by atoms with Crippen molar-refractivity contribution in [2.45, 2.75) is 0 Å². The Morgan fingerprint density at radius 2 is 1.92 bits per heavy atom. The summed E-state index contributed by atoms with van der Waals surface area (Å²) in [4.78, 5) is 19.9. The van der Waals surface area contributed by atoms with E-state index in [0.29, 0.717) is 17.2 Å². The monoisotopic (exact) mass is 320 g/mol. The molecule has 120 valence electrons. The number of carbonyl (C=O) groups excluding carboxylic acids is 1. The standard InChI is InChI=1S/C18H16N4O2/c1-24-15-7-5-12(6-8-15)16-9-10-20-18(22-16)21-14-4-2-3-13(11-14)17(19)23/h2-11H,1H3,(H2,19,23)(H,20,21,22). The molecule has 0 fully saturated rings. The number of carbonyl (C=O) groups is 1. The summed E-state index contributed by atoms with van der Waals surface area (Å²) in [5, 5.41) is 3.08. The molecule has 1 heterocycles. The maximum Gasteiger partial charge on any atom is 0.248 e. The number of anilines is 2. The van der Waals surface area contributed by atoms with Crippen molar-refractivity contribution in [2.24, 2.45) is 5.73 Å². The topological polar surface area (TPSA) is 90.1 Å². The molecule has 3 N–H and O–H groups in total. The van der Waals surface area contributed by atoms with Gasteiger partial charge in [-0.2, -0.15) is 0 Å². The molecule has 0 spiro atoms. The van der Waals surface area contributed by atoms with E-state index in [1.165, 1.54) is 0 Å². The molecule has 0 unspecified atom stereocenters. The lowest BCUT2D eigenvalue weighted by molar-refractivity contribution is 0.100. The van der Waals surface area contributed by atoms with Crippen LogP contribution >= 0.6 is 0 Å². The largest absolute Gasteiger partial charge is 0.497 e. The Bertz CT molecular complexity index is 863. The van der Waals surface area contributed by atoms with Gasteiger partial charge in [-0.15, -0.1) is 0 Å². The number of benzene rings is 2. The number of aromatic nitrogens is 2. The number of primary amides is 1. The third-order valence-corrected chi connectivity index (χ3v) is 3.44. The van der Waals surface area contributed by atoms with Gasteiger partial charge in [-0.05, 0) is 48.5 Å². The van der Waals surface area contributed by atoms with Crippen LogP contribution in [0.2, 0.25) is 0 Å². The fourth-order valence-corrected chi connectivity index (χ4v) is 2.22. The van der Waals surface area contributed by atoms with Crippen molar-refractivity contribution in [1.29, 1.82) is 0 Å². The molecule has 0 aliphatic carbocycles. The summed E-state index contributed by atoms with van der Waals surface area (Å²) in [6, 6.07) is 16.3. The third-order valence-electron chi connectivity index (χ3n) is 3.44. The Kier molecular flexibility index (Phi) is 4.38. The second-order valence-corrected chi connectivity index (χ2v) is 5.06. The number of rotatable bonds is 5. The Morgan fingerprint density at radius 1 is 1.12 bits per heavy atom. The molecule has 1 aromatic heterocycles. The minimum absolute atomic E-state index is 0.423. The predicted molar refractivity (Wildman–Crippen MR) is 92.3 cm³/mol. The third kappa shape index (κ3) is 3.49. The average Bonchev–Trinajstić information content (AvgIpc) is 2.62. The van der Waals surface area contributed by atoms with Crippen molar-refractivity contribution in [3.05, 3.63) is 66.4 Å². The maximum absolute atomic E-state index is 11.2. The first kappa shape index (κ1) is 15.5. The maximum atomic E-state index is 11.2. The van der Waals surface area contributed by atoms with Gasteiger partial charge in [0, 0.05) is 23.0 Å². The molecule has 6 heteroatoms. The number of ether oxygens (including phenoxy) is 1. The Hall–Kier alpha value is -3.41. The fraction of sp³-hybridized carbons (Fsp3) is 0.0556. The van der Waals surface area contributed by atoms with Crippen molar-refractivity contribution in [3.8, 4) is 17.0 Å². The van der Waals surface area contributed by atoms with E-state index in [9.17, 15) is 4.79 Å². The van der Waals surface area contributed by atoms with E-state index in [4.69, 9.17) is 10.5 Å². The van der Waals surface area contributed by atoms with Gasteiger partial charge in [0.25, 0.3) is 0 Å². The highest BCUT2D eigenvalue weighted by Crippen LogP contribution is 2.22. The van der Waals surface area contributed by atoms with Crippen LogP contribution in [0.4, 0.5) is 11.6 Å². The molecule has 24 heavy (non-hydrogen) atoms. The molecular weight excluding hydrogens is 304 g/mol. The molecule has 3 rings (SSSR count). The van der Waals surface area contributed by atoms with Crippen LogP contribution in [-0.4, -0.2) is 23.0 Å². The molecule has 0 bridgehead atoms. The summed E-state index contributed by atoms with van der Waals surface area (Å²) < 4.78 is 5.16. The molecule has 6 nitrogen and oxygen atoms in total. The van der Waals surface area contributed by atoms with Gasteiger partial charge in [-0.3, -0.25) is 4.79 Å². The molecule has 0 saturated carbocycles. The highest BCUT2D eigenvalue weighted by Gasteiger charge is 2.05. The predicted octanol–water partition coefficient (Wildman–Crippen LogP) is 2.99. The lowest BCUT2D eigenvalue weighted by Gasteiger charge is -2.08. The van der Waals surface area contributed by atoms with E-state index >= 15 is 0 Å². The Morgan fingerprint density at radius 3 is 2.62 bits per heavy atom. The molecule has 0 aliphatic heterocycles. The number of nitrogens with two attached hydrogens (primary N) is 1. The summed E-state index contributed by atoms with van der Waals surface area (Å²) in [7, 11) is 1.63. The van der Waals surface area contributed by atoms with Gasteiger partial charge in [0.15, 0.2) is 0 Å². The smallest absolute Gasteiger partial charge is 0.248 e. The zero-order valence-corrected chi connectivity index (χ0v) is 13.1. The molecule has 0 saturated heterocycles. The van der Waals surface area contributed by atoms with Crippen LogP contribution < -0.4 is 15.8 Å². The first-order chi connectivity index (χ1) is 11.7. The van der Waals surface area contributed by atoms with E-state index in [1.807, 2.05) is 36.4 Å². The number of hydrogen-bond donors (Lipinski definition) is 2. The van der Waals surface area contributed by atoms with Gasteiger partial charge >= 0.3 is 0 Å². The lowest BCUT2D eigenvalue weighted by Crippen LogP contribution is -2.11. The number of nitrogens with zero attached hydrogens (tertiary/aromatic N) is 2. The van der Waals surface area contributed by atoms with Crippen molar-refractivity contribution in [2.75, 3.05) is 12.4 Å². The van der Waals surface area contributed by atoms with E-state index in [0.717, 1.165) is 17.0 Å². The Labute approximate surface area is 139 Å². The van der Waals surface area contributed by atoms with E-state index in [2.05, 4.69) is 15.3 Å². The highest BCUT2D eigenvalue weighted by molar-refractivity contribution is 5.93. The molecule has 3 aromatic rings. The van der Waals surface area contributed by atoms with Crippen molar-refractivity contribution >= 4 is 17.5 Å². The zero-order chi connectivity index (χ0) is 16.9. The number of amides is 1. The summed E-state index contributed by atoms with van der Waals surface area (Å²) in [6.07, 6.45) is 1.67. The summed E-state index contributed by atoms with van der Waals surface area (Å²) in [5.74, 6) is 0.742. The van der Waals surface area contributed by atoms with Gasteiger partial charge < -0.3 is 15.8 Å². The van der Waals surface area contributed by atoms with Gasteiger partial charge in [0.2, 0.25) is 11.9 Å². The van der Waals surface area contributed by atoms with Crippen LogP contribution in [-0.2, 0) is 0 Å². The van der Waals surface area contributed by atoms with Crippen LogP contribution in [0.15, 0.2) is 60.8 Å². The normalized spacial score (nSPS) is 10.2. The van der Waals surface area contributed by atoms with Gasteiger partial charge in [0.05, 0.1) is 12.8 Å². The fourth-order valence-electron chi connectivity index (χ4n) is 2.22. The minimum atomic E-state index is -0.480. The van der Waals surface area contributed by atoms with Crippen LogP contribution in [0, 0.1) is 0 Å². The van der Waals surface area contributed by atoms with Crippen LogP contribution in [0.25, 0.3) is 11.3 Å². The van der Waals surface area contributed by atoms with Crippen molar-refractivity contribution in [3.63, 3.8) is 0 Å². The summed E-state index contributed by atoms with van der Waals surface area (Å²) >= 11 is 0. The molecule has 2 aromatic carbocycles. The first-order valence-electron chi connectivity index (χ1n) is 7.30. The molecule has 0 atom stereocenters. The molecular formula is C18H16N4O2. The first-order valence-corrected chi connectivity index (χ1v) is 7.30. The zero-order valence-electron chi connectivity index (χ0n) is 13.1. The quantitative estimate of drug-likeness (QED) is 0.754. The number of methoxy groups -OCH3 is 1. The minimum Gasteiger partial charge on any atom is -0.497 e. The molecule has 1 amide bonds. The van der Waals surface area contributed by atoms with Crippen LogP contribution in [0.5, 0.6) is 5.75 Å². The van der Waals surface area contributed by atoms with Crippen molar-refractivity contribution in [1.82, 2.24) is 9.97 Å². The van der Waals surface area contributed by atoms with Crippen molar-refractivity contribution < 1.29 is 9.53 Å². The number of nitrogens with one attached hydrogen (secondary N) is 1. The average molecular weight is 320 g/mol. The van der Waals surface area contributed by atoms with Gasteiger partial charge in [0.1, 0.15) is 5.75 Å². The van der Waals surface area contributed by atoms with E-state index in [-0.39, 0.29) is 0 Å². The second-order valence-electron chi connectivity index (χ2n) is 5.06. The number of hydrogen-bond acceptors (Lipinski definition) is 5. The molecule has 0 radical (unpaired) electrons. The van der Waals surface area contributed by atoms with Crippen LogP contribution in [0.3, 0.4) is 0 Å². The summed E-state index contributed by atoms with van der Waals surface area (Å²) in [5.41, 5.74) is 8.14.